The normalized spacial score (nSPS) is 14.8. The topological polar surface area (TPSA) is 85.2 Å². The molecule has 0 bridgehead atoms. The molecule has 3 aromatic rings. The molecule has 4 rings (SSSR count). The predicted molar refractivity (Wildman–Crippen MR) is 106 cm³/mol. The number of urea groups is 1. The number of hydrogen-bond donors (Lipinski definition) is 2. The first-order valence-corrected chi connectivity index (χ1v) is 9.07. The van der Waals surface area contributed by atoms with E-state index in [4.69, 9.17) is 4.74 Å². The first-order valence-electron chi connectivity index (χ1n) is 9.07. The second-order valence-electron chi connectivity index (χ2n) is 6.62. The van der Waals surface area contributed by atoms with Gasteiger partial charge in [0.2, 0.25) is 0 Å². The zero-order chi connectivity index (χ0) is 19.3. The van der Waals surface area contributed by atoms with E-state index in [2.05, 4.69) is 15.6 Å². The minimum Gasteiger partial charge on any atom is -0.488 e. The number of carbonyl (C=O) groups excluding carboxylic acids is 1. The Bertz CT molecular complexity index is 1020. The second-order valence-corrected chi connectivity index (χ2v) is 6.62. The van der Waals surface area contributed by atoms with E-state index >= 15 is 0 Å². The summed E-state index contributed by atoms with van der Waals surface area (Å²) in [5, 5.41) is 5.67. The Morgan fingerprint density at radius 1 is 1.18 bits per heavy atom. The highest BCUT2D eigenvalue weighted by Gasteiger charge is 2.22. The fraction of sp³-hybridized carbons (Fsp3) is 0.190. The van der Waals surface area contributed by atoms with Crippen molar-refractivity contribution in [3.8, 4) is 5.75 Å². The van der Waals surface area contributed by atoms with Crippen molar-refractivity contribution in [3.05, 3.63) is 88.6 Å². The van der Waals surface area contributed by atoms with E-state index < -0.39 is 0 Å². The van der Waals surface area contributed by atoms with Crippen LogP contribution in [0.25, 0.3) is 0 Å². The van der Waals surface area contributed by atoms with Gasteiger partial charge in [-0.2, -0.15) is 0 Å². The van der Waals surface area contributed by atoms with Crippen LogP contribution < -0.4 is 21.1 Å². The number of carbonyl (C=O) groups is 1. The van der Waals surface area contributed by atoms with Crippen LogP contribution in [0.1, 0.15) is 11.1 Å². The number of anilines is 1. The Labute approximate surface area is 162 Å². The molecule has 7 nitrogen and oxygen atoms in total. The van der Waals surface area contributed by atoms with E-state index in [9.17, 15) is 9.59 Å². The van der Waals surface area contributed by atoms with Crippen molar-refractivity contribution in [1.29, 1.82) is 0 Å². The zero-order valence-corrected chi connectivity index (χ0v) is 15.2. The molecule has 0 fully saturated rings. The SMILES string of the molecule is O=C(NCC1Cc2ccccc2O1)Nc1cccc(Cn2cccnc2=O)c1. The minimum absolute atomic E-state index is 0.0630. The van der Waals surface area contributed by atoms with Gasteiger partial charge in [0.05, 0.1) is 13.1 Å². The maximum atomic E-state index is 12.2. The fourth-order valence-electron chi connectivity index (χ4n) is 3.20. The number of para-hydroxylation sites is 1. The second kappa shape index (κ2) is 7.96. The average molecular weight is 376 g/mol. The van der Waals surface area contributed by atoms with Gasteiger partial charge in [-0.25, -0.2) is 14.6 Å². The Hall–Kier alpha value is -3.61. The Balaban J connectivity index is 1.31. The van der Waals surface area contributed by atoms with Gasteiger partial charge in [-0.3, -0.25) is 4.57 Å². The predicted octanol–water partition coefficient (Wildman–Crippen LogP) is 2.42. The summed E-state index contributed by atoms with van der Waals surface area (Å²) < 4.78 is 7.33. The van der Waals surface area contributed by atoms with Gasteiger partial charge in [0.25, 0.3) is 0 Å². The molecule has 7 heteroatoms. The number of amides is 2. The van der Waals surface area contributed by atoms with Crippen molar-refractivity contribution in [3.63, 3.8) is 0 Å². The van der Waals surface area contributed by atoms with Crippen LogP contribution in [-0.4, -0.2) is 28.2 Å². The lowest BCUT2D eigenvalue weighted by molar-refractivity contribution is 0.219. The summed E-state index contributed by atoms with van der Waals surface area (Å²) in [4.78, 5) is 27.7. The molecular formula is C21H20N4O3. The maximum absolute atomic E-state index is 12.2. The lowest BCUT2D eigenvalue weighted by Gasteiger charge is -2.13. The quantitative estimate of drug-likeness (QED) is 0.716. The Morgan fingerprint density at radius 2 is 2.07 bits per heavy atom. The summed E-state index contributed by atoms with van der Waals surface area (Å²) in [5.41, 5.74) is 2.40. The van der Waals surface area contributed by atoms with Crippen molar-refractivity contribution in [2.75, 3.05) is 11.9 Å². The molecule has 0 spiro atoms. The molecule has 2 amide bonds. The number of hydrogen-bond acceptors (Lipinski definition) is 4. The number of benzene rings is 2. The van der Waals surface area contributed by atoms with Crippen molar-refractivity contribution in [1.82, 2.24) is 14.9 Å². The fourth-order valence-corrected chi connectivity index (χ4v) is 3.20. The van der Waals surface area contributed by atoms with E-state index in [1.807, 2.05) is 42.5 Å². The summed E-state index contributed by atoms with van der Waals surface area (Å²) in [6, 6.07) is 16.7. The van der Waals surface area contributed by atoms with Gasteiger partial charge in [-0.05, 0) is 35.4 Å². The number of nitrogens with one attached hydrogen (secondary N) is 2. The van der Waals surface area contributed by atoms with Gasteiger partial charge in [-0.15, -0.1) is 0 Å². The van der Waals surface area contributed by atoms with E-state index in [1.54, 1.807) is 18.3 Å². The molecule has 1 unspecified atom stereocenters. The first-order chi connectivity index (χ1) is 13.7. The first kappa shape index (κ1) is 17.8. The van der Waals surface area contributed by atoms with Crippen LogP contribution in [0.3, 0.4) is 0 Å². The number of nitrogens with zero attached hydrogens (tertiary/aromatic N) is 2. The monoisotopic (exact) mass is 376 g/mol. The minimum atomic E-state index is -0.309. The molecule has 2 aromatic carbocycles. The number of ether oxygens (including phenoxy) is 1. The van der Waals surface area contributed by atoms with Crippen LogP contribution in [0.2, 0.25) is 0 Å². The highest BCUT2D eigenvalue weighted by molar-refractivity contribution is 5.89. The smallest absolute Gasteiger partial charge is 0.347 e. The van der Waals surface area contributed by atoms with Gasteiger partial charge in [0, 0.05) is 24.5 Å². The number of aromatic nitrogens is 2. The Morgan fingerprint density at radius 3 is 2.93 bits per heavy atom. The highest BCUT2D eigenvalue weighted by atomic mass is 16.5. The van der Waals surface area contributed by atoms with E-state index in [-0.39, 0.29) is 17.8 Å². The van der Waals surface area contributed by atoms with Crippen LogP contribution in [0, 0.1) is 0 Å². The van der Waals surface area contributed by atoms with Crippen molar-refractivity contribution in [2.45, 2.75) is 19.1 Å². The molecule has 0 saturated carbocycles. The molecule has 0 radical (unpaired) electrons. The van der Waals surface area contributed by atoms with Crippen LogP contribution in [-0.2, 0) is 13.0 Å². The summed E-state index contributed by atoms with van der Waals surface area (Å²) in [5.74, 6) is 0.882. The molecule has 2 N–H and O–H groups in total. The van der Waals surface area contributed by atoms with E-state index in [0.29, 0.717) is 18.8 Å². The molecule has 1 atom stereocenters. The standard InChI is InChI=1S/C21H20N4O3/c26-20(23-13-18-12-16-6-1-2-8-19(16)28-18)24-17-7-3-5-15(11-17)14-25-10-4-9-22-21(25)27/h1-11,18H,12-14H2,(H2,23,24,26). The maximum Gasteiger partial charge on any atom is 0.347 e. The summed E-state index contributed by atoms with van der Waals surface area (Å²) in [6.07, 6.45) is 3.87. The largest absolute Gasteiger partial charge is 0.488 e. The van der Waals surface area contributed by atoms with Crippen LogP contribution >= 0.6 is 0 Å². The summed E-state index contributed by atoms with van der Waals surface area (Å²) in [6.45, 7) is 0.809. The third-order valence-corrected chi connectivity index (χ3v) is 4.52. The summed E-state index contributed by atoms with van der Waals surface area (Å²) >= 11 is 0. The van der Waals surface area contributed by atoms with E-state index in [1.165, 1.54) is 10.8 Å². The third kappa shape index (κ3) is 4.20. The van der Waals surface area contributed by atoms with Gasteiger partial charge in [0.1, 0.15) is 11.9 Å². The molecule has 1 aromatic heterocycles. The van der Waals surface area contributed by atoms with Gasteiger partial charge >= 0.3 is 11.7 Å². The highest BCUT2D eigenvalue weighted by Crippen LogP contribution is 2.27. The molecule has 2 heterocycles. The van der Waals surface area contributed by atoms with Crippen LogP contribution in [0.4, 0.5) is 10.5 Å². The van der Waals surface area contributed by atoms with Crippen molar-refractivity contribution in [2.24, 2.45) is 0 Å². The lowest BCUT2D eigenvalue weighted by atomic mass is 10.1. The third-order valence-electron chi connectivity index (χ3n) is 4.52. The molecule has 1 aliphatic heterocycles. The Kier molecular flexibility index (Phi) is 5.05. The average Bonchev–Trinajstić information content (AvgIpc) is 3.12. The van der Waals surface area contributed by atoms with Crippen molar-refractivity contribution >= 4 is 11.7 Å². The van der Waals surface area contributed by atoms with Crippen LogP contribution in [0.15, 0.2) is 71.8 Å². The lowest BCUT2D eigenvalue weighted by Crippen LogP contribution is -2.37. The van der Waals surface area contributed by atoms with Gasteiger partial charge < -0.3 is 15.4 Å². The van der Waals surface area contributed by atoms with E-state index in [0.717, 1.165) is 23.3 Å². The molecule has 28 heavy (non-hydrogen) atoms. The van der Waals surface area contributed by atoms with Gasteiger partial charge in [-0.1, -0.05) is 30.3 Å². The van der Waals surface area contributed by atoms with Crippen LogP contribution in [0.5, 0.6) is 5.75 Å². The number of rotatable bonds is 5. The molecular weight excluding hydrogens is 356 g/mol. The number of fused-ring (bicyclic) bond motifs is 1. The zero-order valence-electron chi connectivity index (χ0n) is 15.2. The van der Waals surface area contributed by atoms with Crippen molar-refractivity contribution < 1.29 is 9.53 Å². The van der Waals surface area contributed by atoms with Gasteiger partial charge in [0.15, 0.2) is 0 Å². The summed E-state index contributed by atoms with van der Waals surface area (Å²) in [7, 11) is 0. The molecule has 0 saturated heterocycles. The molecule has 1 aliphatic rings. The molecule has 142 valence electrons. The molecule has 0 aliphatic carbocycles.